The highest BCUT2D eigenvalue weighted by atomic mass is 127. The van der Waals surface area contributed by atoms with Crippen LogP contribution in [0.15, 0.2) is 6.07 Å². The van der Waals surface area contributed by atoms with Crippen LogP contribution in [0.3, 0.4) is 0 Å². The lowest BCUT2D eigenvalue weighted by molar-refractivity contribution is -0.276. The Morgan fingerprint density at radius 3 is 2.50 bits per heavy atom. The molecule has 0 bridgehead atoms. The van der Waals surface area contributed by atoms with Gasteiger partial charge in [-0.25, -0.2) is 9.37 Å². The fraction of sp³-hybridized carbons (Fsp3) is 0.375. The van der Waals surface area contributed by atoms with E-state index in [1.54, 1.807) is 22.6 Å². The van der Waals surface area contributed by atoms with Crippen molar-refractivity contribution in [1.29, 1.82) is 0 Å². The van der Waals surface area contributed by atoms with E-state index >= 15 is 0 Å². The normalized spacial score (nSPS) is 11.6. The van der Waals surface area contributed by atoms with Crippen molar-refractivity contribution < 1.29 is 27.4 Å². The molecule has 1 heterocycles. The predicted octanol–water partition coefficient (Wildman–Crippen LogP) is 2.55. The Kier molecular flexibility index (Phi) is 4.30. The fourth-order valence-electron chi connectivity index (χ4n) is 0.974. The van der Waals surface area contributed by atoms with Gasteiger partial charge in [-0.05, 0) is 34.2 Å². The van der Waals surface area contributed by atoms with Gasteiger partial charge in [0.15, 0.2) is 0 Å². The SMILES string of the molecule is OCc1cc(CF)nc(OC(F)(F)F)c1I. The van der Waals surface area contributed by atoms with Gasteiger partial charge in [0.2, 0.25) is 5.88 Å². The maximum absolute atomic E-state index is 12.3. The molecule has 3 nitrogen and oxygen atoms in total. The molecular weight excluding hydrogens is 345 g/mol. The van der Waals surface area contributed by atoms with E-state index in [4.69, 9.17) is 5.11 Å². The van der Waals surface area contributed by atoms with Gasteiger partial charge in [0.25, 0.3) is 0 Å². The second-order valence-electron chi connectivity index (χ2n) is 2.73. The zero-order valence-electron chi connectivity index (χ0n) is 7.68. The molecule has 0 aliphatic carbocycles. The smallest absolute Gasteiger partial charge is 0.392 e. The lowest BCUT2D eigenvalue weighted by Gasteiger charge is -2.12. The van der Waals surface area contributed by atoms with Crippen LogP contribution in [0.25, 0.3) is 0 Å². The van der Waals surface area contributed by atoms with E-state index in [0.717, 1.165) is 0 Å². The second kappa shape index (κ2) is 5.13. The van der Waals surface area contributed by atoms with E-state index in [-0.39, 0.29) is 14.8 Å². The van der Waals surface area contributed by atoms with Crippen molar-refractivity contribution >= 4 is 22.6 Å². The van der Waals surface area contributed by atoms with Crippen LogP contribution in [-0.4, -0.2) is 16.5 Å². The number of pyridine rings is 1. The molecule has 1 aromatic heterocycles. The molecule has 16 heavy (non-hydrogen) atoms. The molecule has 0 unspecified atom stereocenters. The van der Waals surface area contributed by atoms with Gasteiger partial charge in [0.1, 0.15) is 6.67 Å². The van der Waals surface area contributed by atoms with E-state index < -0.39 is 25.5 Å². The molecule has 1 aromatic rings. The first-order valence-corrected chi connectivity index (χ1v) is 5.06. The molecule has 0 saturated heterocycles. The molecule has 0 fully saturated rings. The van der Waals surface area contributed by atoms with E-state index in [0.29, 0.717) is 0 Å². The van der Waals surface area contributed by atoms with Crippen LogP contribution in [0.1, 0.15) is 11.3 Å². The van der Waals surface area contributed by atoms with Gasteiger partial charge in [-0.3, -0.25) is 0 Å². The molecule has 0 spiro atoms. The molecule has 0 aromatic carbocycles. The van der Waals surface area contributed by atoms with Crippen LogP contribution < -0.4 is 4.74 Å². The van der Waals surface area contributed by atoms with Gasteiger partial charge in [0.05, 0.1) is 15.9 Å². The number of rotatable bonds is 3. The minimum Gasteiger partial charge on any atom is -0.392 e. The van der Waals surface area contributed by atoms with Crippen molar-refractivity contribution in [2.24, 2.45) is 0 Å². The summed E-state index contributed by atoms with van der Waals surface area (Å²) in [4.78, 5) is 3.35. The third-order valence-corrected chi connectivity index (χ3v) is 2.73. The number of halogens is 5. The number of hydrogen-bond acceptors (Lipinski definition) is 3. The van der Waals surface area contributed by atoms with Crippen LogP contribution in [0.5, 0.6) is 5.88 Å². The third-order valence-electron chi connectivity index (χ3n) is 1.58. The third kappa shape index (κ3) is 3.44. The number of aliphatic hydroxyl groups is 1. The molecule has 0 atom stereocenters. The molecule has 8 heteroatoms. The van der Waals surface area contributed by atoms with Crippen molar-refractivity contribution in [3.05, 3.63) is 20.9 Å². The monoisotopic (exact) mass is 351 g/mol. The van der Waals surface area contributed by atoms with E-state index in [2.05, 4.69) is 9.72 Å². The van der Waals surface area contributed by atoms with E-state index in [1.807, 2.05) is 0 Å². The summed E-state index contributed by atoms with van der Waals surface area (Å²) in [7, 11) is 0. The van der Waals surface area contributed by atoms with E-state index in [1.165, 1.54) is 6.07 Å². The maximum Gasteiger partial charge on any atom is 0.574 e. The van der Waals surface area contributed by atoms with Crippen molar-refractivity contribution in [2.45, 2.75) is 19.6 Å². The Labute approximate surface area is 102 Å². The van der Waals surface area contributed by atoms with Crippen molar-refractivity contribution in [3.63, 3.8) is 0 Å². The summed E-state index contributed by atoms with van der Waals surface area (Å²) in [5, 5.41) is 8.87. The summed E-state index contributed by atoms with van der Waals surface area (Å²) in [6.45, 7) is -1.54. The lowest BCUT2D eigenvalue weighted by Crippen LogP contribution is -2.19. The van der Waals surface area contributed by atoms with Crippen molar-refractivity contribution in [2.75, 3.05) is 0 Å². The number of nitrogens with zero attached hydrogens (tertiary/aromatic N) is 1. The highest BCUT2D eigenvalue weighted by Crippen LogP contribution is 2.29. The number of ether oxygens (including phenoxy) is 1. The number of aromatic nitrogens is 1. The number of hydrogen-bond donors (Lipinski definition) is 1. The summed E-state index contributed by atoms with van der Waals surface area (Å²) in [5.41, 5.74) is -0.0776. The molecule has 0 aliphatic rings. The Balaban J connectivity index is 3.16. The largest absolute Gasteiger partial charge is 0.574 e. The van der Waals surface area contributed by atoms with Gasteiger partial charge >= 0.3 is 6.36 Å². The first-order chi connectivity index (χ1) is 7.37. The van der Waals surface area contributed by atoms with Crippen LogP contribution in [0, 0.1) is 3.57 Å². The molecule has 90 valence electrons. The minimum absolute atomic E-state index is 0.00891. The zero-order valence-corrected chi connectivity index (χ0v) is 9.84. The van der Waals surface area contributed by atoms with Crippen LogP contribution in [-0.2, 0) is 13.3 Å². The summed E-state index contributed by atoms with van der Waals surface area (Å²) in [6, 6.07) is 1.19. The number of alkyl halides is 4. The minimum atomic E-state index is -4.89. The summed E-state index contributed by atoms with van der Waals surface area (Å²) < 4.78 is 51.8. The Morgan fingerprint density at radius 2 is 2.06 bits per heavy atom. The molecule has 1 N–H and O–H groups in total. The number of aliphatic hydroxyl groups excluding tert-OH is 1. The summed E-state index contributed by atoms with van der Waals surface area (Å²) >= 11 is 1.54. The van der Waals surface area contributed by atoms with Gasteiger partial charge in [-0.2, -0.15) is 0 Å². The van der Waals surface area contributed by atoms with Crippen molar-refractivity contribution in [1.82, 2.24) is 4.98 Å². The molecule has 0 amide bonds. The zero-order chi connectivity index (χ0) is 12.3. The first kappa shape index (κ1) is 13.4. The standard InChI is InChI=1S/C8H6F4INO2/c9-2-5-1-4(3-15)6(13)7(14-5)16-8(10,11)12/h1,15H,2-3H2. The lowest BCUT2D eigenvalue weighted by atomic mass is 10.2. The van der Waals surface area contributed by atoms with Gasteiger partial charge in [-0.1, -0.05) is 0 Å². The highest BCUT2D eigenvalue weighted by molar-refractivity contribution is 14.1. The Bertz CT molecular complexity index is 383. The summed E-state index contributed by atoms with van der Waals surface area (Å²) in [6.07, 6.45) is -4.89. The van der Waals surface area contributed by atoms with Gasteiger partial charge < -0.3 is 9.84 Å². The van der Waals surface area contributed by atoms with Crippen LogP contribution in [0.4, 0.5) is 17.6 Å². The van der Waals surface area contributed by atoms with Gasteiger partial charge in [-0.15, -0.1) is 13.2 Å². The first-order valence-electron chi connectivity index (χ1n) is 3.98. The predicted molar refractivity (Wildman–Crippen MR) is 54.4 cm³/mol. The average Bonchev–Trinajstić information content (AvgIpc) is 2.19. The fourth-order valence-corrected chi connectivity index (χ4v) is 1.53. The second-order valence-corrected chi connectivity index (χ2v) is 3.81. The van der Waals surface area contributed by atoms with Gasteiger partial charge in [0, 0.05) is 0 Å². The van der Waals surface area contributed by atoms with E-state index in [9.17, 15) is 17.6 Å². The molecule has 0 radical (unpaired) electrons. The van der Waals surface area contributed by atoms with Crippen LogP contribution in [0.2, 0.25) is 0 Å². The molecule has 1 rings (SSSR count). The maximum atomic E-state index is 12.3. The molecule has 0 aliphatic heterocycles. The molecular formula is C8H6F4INO2. The topological polar surface area (TPSA) is 42.4 Å². The molecule has 0 saturated carbocycles. The van der Waals surface area contributed by atoms with Crippen LogP contribution >= 0.6 is 22.6 Å². The average molecular weight is 351 g/mol. The Morgan fingerprint density at radius 1 is 1.44 bits per heavy atom. The van der Waals surface area contributed by atoms with Crippen molar-refractivity contribution in [3.8, 4) is 5.88 Å². The Hall–Kier alpha value is -0.640. The highest BCUT2D eigenvalue weighted by Gasteiger charge is 2.33. The quantitative estimate of drug-likeness (QED) is 0.673. The summed E-state index contributed by atoms with van der Waals surface area (Å²) in [5.74, 6) is -0.743.